The zero-order valence-corrected chi connectivity index (χ0v) is 10.9. The number of esters is 1. The largest absolute Gasteiger partial charge is 0.480 e. The molecule has 1 atom stereocenters. The van der Waals surface area contributed by atoms with Crippen molar-refractivity contribution in [2.45, 2.75) is 51.7 Å². The lowest BCUT2D eigenvalue weighted by Crippen LogP contribution is -2.43. The molecule has 0 unspecified atom stereocenters. The van der Waals surface area contributed by atoms with Gasteiger partial charge in [-0.05, 0) is 27.2 Å². The van der Waals surface area contributed by atoms with Gasteiger partial charge in [0, 0.05) is 6.42 Å². The molecular weight excluding hydrogens is 264 g/mol. The Balaban J connectivity index is 4.34. The fourth-order valence-corrected chi connectivity index (χ4v) is 1.15. The first kappa shape index (κ1) is 17.3. The van der Waals surface area contributed by atoms with Gasteiger partial charge in [-0.15, -0.1) is 0 Å². The predicted octanol–water partition coefficient (Wildman–Crippen LogP) is 0.943. The fraction of sp³-hybridized carbons (Fsp3) is 0.727. The molecule has 2 N–H and O–H groups in total. The Morgan fingerprint density at radius 2 is 1.79 bits per heavy atom. The molecule has 0 heterocycles. The normalized spacial score (nSPS) is 12.9. The maximum atomic E-state index is 12.0. The number of halogens is 2. The van der Waals surface area contributed by atoms with Gasteiger partial charge in [0.2, 0.25) is 0 Å². The van der Waals surface area contributed by atoms with Gasteiger partial charge in [0.1, 0.15) is 11.6 Å². The summed E-state index contributed by atoms with van der Waals surface area (Å²) in [6.07, 6.45) is -3.91. The number of carbonyl (C=O) groups is 3. The van der Waals surface area contributed by atoms with Crippen molar-refractivity contribution in [2.24, 2.45) is 0 Å². The minimum atomic E-state index is -3.30. The number of carbonyl (C=O) groups excluding carboxylic acids is 2. The van der Waals surface area contributed by atoms with Crippen molar-refractivity contribution in [1.82, 2.24) is 5.32 Å². The van der Waals surface area contributed by atoms with Crippen LogP contribution in [-0.2, 0) is 19.1 Å². The van der Waals surface area contributed by atoms with Crippen molar-refractivity contribution < 1.29 is 33.0 Å². The fourth-order valence-electron chi connectivity index (χ4n) is 1.15. The van der Waals surface area contributed by atoms with Gasteiger partial charge < -0.3 is 15.2 Å². The number of hydrogen-bond donors (Lipinski definition) is 2. The van der Waals surface area contributed by atoms with E-state index in [0.29, 0.717) is 0 Å². The highest BCUT2D eigenvalue weighted by molar-refractivity contribution is 5.85. The monoisotopic (exact) mass is 281 g/mol. The number of ether oxygens (including phenoxy) is 1. The van der Waals surface area contributed by atoms with E-state index in [2.05, 4.69) is 0 Å². The molecule has 0 saturated carbocycles. The van der Waals surface area contributed by atoms with Crippen LogP contribution in [0.25, 0.3) is 0 Å². The van der Waals surface area contributed by atoms with Crippen molar-refractivity contribution in [3.05, 3.63) is 0 Å². The average molecular weight is 281 g/mol. The van der Waals surface area contributed by atoms with Gasteiger partial charge in [-0.1, -0.05) is 0 Å². The third-order valence-corrected chi connectivity index (χ3v) is 1.87. The second kappa shape index (κ2) is 7.01. The number of alkyl halides is 2. The van der Waals surface area contributed by atoms with E-state index in [-0.39, 0.29) is 12.8 Å². The van der Waals surface area contributed by atoms with Crippen LogP contribution >= 0.6 is 0 Å². The molecule has 0 aromatic rings. The lowest BCUT2D eigenvalue weighted by Gasteiger charge is -2.20. The van der Waals surface area contributed by atoms with E-state index in [1.54, 1.807) is 26.1 Å². The Labute approximate surface area is 109 Å². The summed E-state index contributed by atoms with van der Waals surface area (Å²) in [4.78, 5) is 32.8. The number of rotatable bonds is 6. The molecule has 0 saturated heterocycles. The van der Waals surface area contributed by atoms with Crippen molar-refractivity contribution >= 4 is 17.8 Å². The second-order valence-corrected chi connectivity index (χ2v) is 4.83. The van der Waals surface area contributed by atoms with Gasteiger partial charge in [0.05, 0.1) is 0 Å². The van der Waals surface area contributed by atoms with E-state index in [4.69, 9.17) is 9.84 Å². The maximum Gasteiger partial charge on any atom is 0.326 e. The summed E-state index contributed by atoms with van der Waals surface area (Å²) in [5.41, 5.74) is -0.720. The van der Waals surface area contributed by atoms with E-state index >= 15 is 0 Å². The molecule has 0 fully saturated rings. The maximum absolute atomic E-state index is 12.0. The van der Waals surface area contributed by atoms with Crippen molar-refractivity contribution in [2.75, 3.05) is 0 Å². The second-order valence-electron chi connectivity index (χ2n) is 4.83. The SMILES string of the molecule is CC(C)(C)OC(=O)CC[C@@H](NC(=O)C(F)F)C(=O)O. The van der Waals surface area contributed by atoms with Gasteiger partial charge in [-0.25, -0.2) is 4.79 Å². The number of amides is 1. The number of carboxylic acids is 1. The quantitative estimate of drug-likeness (QED) is 0.707. The third kappa shape index (κ3) is 8.06. The summed E-state index contributed by atoms with van der Waals surface area (Å²) < 4.78 is 28.9. The van der Waals surface area contributed by atoms with E-state index < -0.39 is 35.9 Å². The Kier molecular flexibility index (Phi) is 6.37. The molecule has 0 aromatic carbocycles. The average Bonchev–Trinajstić information content (AvgIpc) is 2.20. The molecule has 0 spiro atoms. The standard InChI is InChI=1S/C11H17F2NO5/c1-11(2,3)19-7(15)5-4-6(10(17)18)14-9(16)8(12)13/h6,8H,4-5H2,1-3H3,(H,14,16)(H,17,18)/t6-/m1/s1. The highest BCUT2D eigenvalue weighted by Crippen LogP contribution is 2.10. The first-order valence-corrected chi connectivity index (χ1v) is 5.56. The summed E-state index contributed by atoms with van der Waals surface area (Å²) >= 11 is 0. The number of aliphatic carboxylic acids is 1. The molecule has 110 valence electrons. The van der Waals surface area contributed by atoms with Gasteiger partial charge in [0.15, 0.2) is 0 Å². The molecular formula is C11H17F2NO5. The van der Waals surface area contributed by atoms with Crippen molar-refractivity contribution in [1.29, 1.82) is 0 Å². The lowest BCUT2D eigenvalue weighted by atomic mass is 10.1. The molecule has 0 bridgehead atoms. The summed E-state index contributed by atoms with van der Waals surface area (Å²) in [7, 11) is 0. The van der Waals surface area contributed by atoms with Gasteiger partial charge in [-0.2, -0.15) is 8.78 Å². The molecule has 0 aliphatic heterocycles. The van der Waals surface area contributed by atoms with Crippen LogP contribution < -0.4 is 5.32 Å². The number of hydrogen-bond acceptors (Lipinski definition) is 4. The summed E-state index contributed by atoms with van der Waals surface area (Å²) in [5, 5.41) is 10.4. The molecule has 0 aliphatic rings. The lowest BCUT2D eigenvalue weighted by molar-refractivity contribution is -0.155. The zero-order valence-electron chi connectivity index (χ0n) is 10.9. The molecule has 0 rings (SSSR count). The molecule has 1 amide bonds. The minimum Gasteiger partial charge on any atom is -0.480 e. The van der Waals surface area contributed by atoms with Crippen LogP contribution in [0.4, 0.5) is 8.78 Å². The predicted molar refractivity (Wildman–Crippen MR) is 60.6 cm³/mol. The Hall–Kier alpha value is -1.73. The van der Waals surface area contributed by atoms with Crippen molar-refractivity contribution in [3.8, 4) is 0 Å². The minimum absolute atomic E-state index is 0.294. The third-order valence-electron chi connectivity index (χ3n) is 1.87. The van der Waals surface area contributed by atoms with Crippen molar-refractivity contribution in [3.63, 3.8) is 0 Å². The zero-order chi connectivity index (χ0) is 15.2. The summed E-state index contributed by atoms with van der Waals surface area (Å²) in [5.74, 6) is -3.83. The highest BCUT2D eigenvalue weighted by atomic mass is 19.3. The molecule has 19 heavy (non-hydrogen) atoms. The van der Waals surface area contributed by atoms with Crippen LogP contribution in [0.15, 0.2) is 0 Å². The van der Waals surface area contributed by atoms with Crippen LogP contribution in [-0.4, -0.2) is 41.0 Å². The summed E-state index contributed by atoms with van der Waals surface area (Å²) in [6.45, 7) is 4.91. The summed E-state index contributed by atoms with van der Waals surface area (Å²) in [6, 6.07) is -1.55. The van der Waals surface area contributed by atoms with E-state index in [9.17, 15) is 23.2 Å². The van der Waals surface area contributed by atoms with Gasteiger partial charge in [-0.3, -0.25) is 9.59 Å². The van der Waals surface area contributed by atoms with E-state index in [1.807, 2.05) is 0 Å². The Bertz CT molecular complexity index is 351. The number of carboxylic acid groups (broad SMARTS) is 1. The van der Waals surface area contributed by atoms with Crippen LogP contribution in [0.1, 0.15) is 33.6 Å². The smallest absolute Gasteiger partial charge is 0.326 e. The Morgan fingerprint density at radius 3 is 2.16 bits per heavy atom. The topological polar surface area (TPSA) is 92.7 Å². The molecule has 0 radical (unpaired) electrons. The number of nitrogens with one attached hydrogen (secondary N) is 1. The first-order chi connectivity index (χ1) is 8.53. The van der Waals surface area contributed by atoms with Crippen LogP contribution in [0, 0.1) is 0 Å². The van der Waals surface area contributed by atoms with E-state index in [0.717, 1.165) is 0 Å². The molecule has 8 heteroatoms. The van der Waals surface area contributed by atoms with Crippen LogP contribution in [0.2, 0.25) is 0 Å². The van der Waals surface area contributed by atoms with Gasteiger partial charge in [0.25, 0.3) is 5.91 Å². The molecule has 0 aromatic heterocycles. The van der Waals surface area contributed by atoms with E-state index in [1.165, 1.54) is 0 Å². The van der Waals surface area contributed by atoms with Crippen LogP contribution in [0.5, 0.6) is 0 Å². The molecule has 0 aliphatic carbocycles. The highest BCUT2D eigenvalue weighted by Gasteiger charge is 2.26. The molecule has 6 nitrogen and oxygen atoms in total. The van der Waals surface area contributed by atoms with Crippen LogP contribution in [0.3, 0.4) is 0 Å². The van der Waals surface area contributed by atoms with Gasteiger partial charge >= 0.3 is 18.4 Å². The first-order valence-electron chi connectivity index (χ1n) is 5.56. The Morgan fingerprint density at radius 1 is 1.26 bits per heavy atom.